The molecule has 10 nitrogen and oxygen atoms in total. The molecule has 188 valence electrons. The van der Waals surface area contributed by atoms with E-state index >= 15 is 0 Å². The Balaban J connectivity index is 0.000000320. The summed E-state index contributed by atoms with van der Waals surface area (Å²) in [6.45, 7) is 13.7. The van der Waals surface area contributed by atoms with Crippen molar-refractivity contribution in [2.45, 2.75) is 77.8 Å². The first-order valence-electron chi connectivity index (χ1n) is 11.4. The summed E-state index contributed by atoms with van der Waals surface area (Å²) in [4.78, 5) is 26.5. The van der Waals surface area contributed by atoms with Crippen LogP contribution in [0.2, 0.25) is 0 Å². The van der Waals surface area contributed by atoms with Crippen LogP contribution in [-0.4, -0.2) is 94.9 Å². The maximum absolute atomic E-state index is 11.7. The number of nitrogens with zero attached hydrogens (tertiary/aromatic N) is 2. The zero-order chi connectivity index (χ0) is 24.7. The Morgan fingerprint density at radius 2 is 1.09 bits per heavy atom. The summed E-state index contributed by atoms with van der Waals surface area (Å²) in [5.41, 5.74) is 10.1. The summed E-state index contributed by atoms with van der Waals surface area (Å²) in [6, 6.07) is 0. The van der Waals surface area contributed by atoms with Crippen molar-refractivity contribution >= 4 is 12.2 Å². The van der Waals surface area contributed by atoms with Crippen molar-refractivity contribution < 1.29 is 29.3 Å². The predicted octanol–water partition coefficient (Wildman–Crippen LogP) is 1.13. The van der Waals surface area contributed by atoms with Crippen molar-refractivity contribution in [1.82, 2.24) is 9.80 Å². The van der Waals surface area contributed by atoms with Crippen LogP contribution in [0.5, 0.6) is 0 Å². The van der Waals surface area contributed by atoms with Gasteiger partial charge in [0.05, 0.1) is 25.3 Å². The number of carbonyl (C=O) groups excluding carboxylic acids is 2. The highest BCUT2D eigenvalue weighted by Gasteiger charge is 2.32. The van der Waals surface area contributed by atoms with Crippen molar-refractivity contribution in [2.24, 2.45) is 23.3 Å². The van der Waals surface area contributed by atoms with Gasteiger partial charge in [0, 0.05) is 24.9 Å². The maximum atomic E-state index is 11.7. The van der Waals surface area contributed by atoms with Crippen LogP contribution in [0, 0.1) is 11.8 Å². The van der Waals surface area contributed by atoms with Crippen LogP contribution in [0.15, 0.2) is 0 Å². The van der Waals surface area contributed by atoms with E-state index in [1.165, 1.54) is 0 Å². The molecule has 2 aliphatic heterocycles. The van der Waals surface area contributed by atoms with E-state index in [1.54, 1.807) is 9.80 Å². The molecule has 0 aliphatic carbocycles. The Morgan fingerprint density at radius 3 is 1.31 bits per heavy atom. The Hall–Kier alpha value is -1.62. The summed E-state index contributed by atoms with van der Waals surface area (Å²) in [5, 5.41) is 19.5. The topological polar surface area (TPSA) is 152 Å². The number of likely N-dealkylation sites (tertiary alicyclic amines) is 2. The molecular weight excluding hydrogens is 416 g/mol. The quantitative estimate of drug-likeness (QED) is 0.478. The lowest BCUT2D eigenvalue weighted by molar-refractivity contribution is -0.0113. The van der Waals surface area contributed by atoms with Gasteiger partial charge in [-0.25, -0.2) is 9.59 Å². The number of ether oxygens (including phenoxy) is 2. The number of amides is 2. The van der Waals surface area contributed by atoms with E-state index in [1.807, 2.05) is 41.5 Å². The Morgan fingerprint density at radius 1 is 0.781 bits per heavy atom. The summed E-state index contributed by atoms with van der Waals surface area (Å²) in [7, 11) is 0. The van der Waals surface area contributed by atoms with E-state index in [-0.39, 0.29) is 24.0 Å². The maximum Gasteiger partial charge on any atom is 0.410 e. The first-order valence-corrected chi connectivity index (χ1v) is 11.4. The van der Waals surface area contributed by atoms with Crippen LogP contribution in [-0.2, 0) is 9.47 Å². The number of β-amino-alcohol motifs (C(OH)–C–C–N with tert-alkyl or cyclic N) is 2. The fourth-order valence-electron chi connectivity index (χ4n) is 3.49. The minimum atomic E-state index is -0.536. The largest absolute Gasteiger partial charge is 0.444 e. The van der Waals surface area contributed by atoms with Crippen molar-refractivity contribution in [1.29, 1.82) is 0 Å². The molecule has 0 spiro atoms. The number of aliphatic hydroxyl groups excluding tert-OH is 2. The summed E-state index contributed by atoms with van der Waals surface area (Å²) >= 11 is 0. The molecule has 0 unspecified atom stereocenters. The van der Waals surface area contributed by atoms with E-state index in [9.17, 15) is 19.8 Å². The third kappa shape index (κ3) is 9.89. The third-order valence-electron chi connectivity index (χ3n) is 5.35. The van der Waals surface area contributed by atoms with E-state index in [4.69, 9.17) is 20.9 Å². The number of piperidine rings is 2. The minimum absolute atomic E-state index is 0.0960. The van der Waals surface area contributed by atoms with Gasteiger partial charge in [-0.2, -0.15) is 0 Å². The highest BCUT2D eigenvalue weighted by Crippen LogP contribution is 2.20. The van der Waals surface area contributed by atoms with Gasteiger partial charge in [0.15, 0.2) is 0 Å². The molecule has 0 aromatic heterocycles. The molecule has 6 N–H and O–H groups in total. The number of carbonyl (C=O) groups is 2. The van der Waals surface area contributed by atoms with Gasteiger partial charge < -0.3 is 41.0 Å². The van der Waals surface area contributed by atoms with Crippen LogP contribution >= 0.6 is 0 Å². The second-order valence-corrected chi connectivity index (χ2v) is 10.6. The average molecular weight is 461 g/mol. The lowest BCUT2D eigenvalue weighted by Gasteiger charge is -2.36. The Labute approximate surface area is 192 Å². The molecule has 4 atom stereocenters. The van der Waals surface area contributed by atoms with Gasteiger partial charge in [-0.15, -0.1) is 0 Å². The second-order valence-electron chi connectivity index (χ2n) is 10.6. The van der Waals surface area contributed by atoms with Crippen molar-refractivity contribution in [3.8, 4) is 0 Å². The van der Waals surface area contributed by atoms with Crippen LogP contribution < -0.4 is 11.5 Å². The van der Waals surface area contributed by atoms with Crippen LogP contribution in [0.1, 0.15) is 54.4 Å². The van der Waals surface area contributed by atoms with Crippen LogP contribution in [0.25, 0.3) is 0 Å². The van der Waals surface area contributed by atoms with E-state index in [0.717, 1.165) is 12.8 Å². The molecule has 0 aromatic rings. The molecule has 2 saturated heterocycles. The number of nitrogens with two attached hydrogens (primary N) is 2. The molecule has 2 rings (SSSR count). The van der Waals surface area contributed by atoms with Gasteiger partial charge in [0.1, 0.15) is 11.2 Å². The second kappa shape index (κ2) is 12.0. The van der Waals surface area contributed by atoms with E-state index in [2.05, 4.69) is 0 Å². The number of hydrogen-bond donors (Lipinski definition) is 4. The number of rotatable bonds is 2. The lowest BCUT2D eigenvalue weighted by atomic mass is 9.94. The number of aliphatic hydroxyl groups is 2. The molecule has 2 amide bonds. The van der Waals surface area contributed by atoms with Gasteiger partial charge in [0.25, 0.3) is 0 Å². The molecular formula is C22H44N4O6. The van der Waals surface area contributed by atoms with Crippen molar-refractivity contribution in [3.63, 3.8) is 0 Å². The van der Waals surface area contributed by atoms with Gasteiger partial charge in [-0.3, -0.25) is 0 Å². The molecule has 2 aliphatic rings. The molecule has 0 saturated carbocycles. The fourth-order valence-corrected chi connectivity index (χ4v) is 3.49. The molecule has 0 radical (unpaired) electrons. The van der Waals surface area contributed by atoms with Crippen LogP contribution in [0.4, 0.5) is 9.59 Å². The van der Waals surface area contributed by atoms with Crippen molar-refractivity contribution in [3.05, 3.63) is 0 Å². The Bertz CT molecular complexity index is 552. The highest BCUT2D eigenvalue weighted by molar-refractivity contribution is 5.68. The summed E-state index contributed by atoms with van der Waals surface area (Å²) in [6.07, 6.45) is -0.324. The molecule has 2 fully saturated rings. The fraction of sp³-hybridized carbons (Fsp3) is 0.909. The molecule has 2 heterocycles. The molecule has 0 bridgehead atoms. The average Bonchev–Trinajstić information content (AvgIpc) is 2.65. The normalized spacial score (nSPS) is 26.7. The summed E-state index contributed by atoms with van der Waals surface area (Å²) in [5.74, 6) is 0.192. The van der Waals surface area contributed by atoms with Gasteiger partial charge in [0.2, 0.25) is 0 Å². The summed E-state index contributed by atoms with van der Waals surface area (Å²) < 4.78 is 10.5. The standard InChI is InChI=1S/2C11H22N2O3/c2*1-11(2,3)16-10(15)13-5-4-8(6-12)9(14)7-13/h2*8-9,14H,4-7,12H2,1-3H3/t2*8-,9+/m10/s1. The molecule has 10 heteroatoms. The van der Waals surface area contributed by atoms with E-state index < -0.39 is 23.4 Å². The first-order chi connectivity index (χ1) is 14.7. The number of hydrogen-bond acceptors (Lipinski definition) is 8. The monoisotopic (exact) mass is 460 g/mol. The zero-order valence-corrected chi connectivity index (χ0v) is 20.5. The van der Waals surface area contributed by atoms with Crippen molar-refractivity contribution in [2.75, 3.05) is 39.3 Å². The first kappa shape index (κ1) is 28.4. The minimum Gasteiger partial charge on any atom is -0.444 e. The third-order valence-corrected chi connectivity index (χ3v) is 5.35. The molecule has 0 aromatic carbocycles. The van der Waals surface area contributed by atoms with Gasteiger partial charge in [-0.1, -0.05) is 0 Å². The van der Waals surface area contributed by atoms with E-state index in [0.29, 0.717) is 39.3 Å². The molecule has 32 heavy (non-hydrogen) atoms. The Kier molecular flexibility index (Phi) is 10.7. The van der Waals surface area contributed by atoms with Gasteiger partial charge >= 0.3 is 12.2 Å². The zero-order valence-electron chi connectivity index (χ0n) is 20.5. The predicted molar refractivity (Wildman–Crippen MR) is 122 cm³/mol. The smallest absolute Gasteiger partial charge is 0.410 e. The SMILES string of the molecule is CC(C)(C)OC(=O)N1CC[C@@H](CN)[C@H](O)C1.CC(C)(C)OC(=O)N1CC[C@H](CN)[C@@H](O)C1. The highest BCUT2D eigenvalue weighted by atomic mass is 16.6. The van der Waals surface area contributed by atoms with Gasteiger partial charge in [-0.05, 0) is 67.5 Å². The lowest BCUT2D eigenvalue weighted by Crippen LogP contribution is -2.49. The van der Waals surface area contributed by atoms with Crippen LogP contribution in [0.3, 0.4) is 0 Å².